The number of benzene rings is 1. The topological polar surface area (TPSA) is 20.3 Å². The van der Waals surface area contributed by atoms with Crippen molar-refractivity contribution >= 4 is 17.7 Å². The van der Waals surface area contributed by atoms with E-state index in [-0.39, 0.29) is 5.25 Å². The molecule has 0 aromatic heterocycles. The van der Waals surface area contributed by atoms with E-state index in [1.807, 2.05) is 18.1 Å². The van der Waals surface area contributed by atoms with Gasteiger partial charge in [0.05, 0.1) is 5.25 Å². The Bertz CT molecular complexity index is 432. The van der Waals surface area contributed by atoms with Crippen LogP contribution >= 0.6 is 11.8 Å². The fraction of sp³-hybridized carbons (Fsp3) is 0.533. The smallest absolute Gasteiger partial charge is 0.235 e. The van der Waals surface area contributed by atoms with Gasteiger partial charge in [-0.05, 0) is 37.7 Å². The van der Waals surface area contributed by atoms with Crippen molar-refractivity contribution in [1.82, 2.24) is 4.90 Å². The van der Waals surface area contributed by atoms with Crippen LogP contribution in [0.5, 0.6) is 0 Å². The summed E-state index contributed by atoms with van der Waals surface area (Å²) < 4.78 is 0. The fourth-order valence-corrected chi connectivity index (χ4v) is 2.97. The molecule has 2 nitrogen and oxygen atoms in total. The third-order valence-corrected chi connectivity index (χ3v) is 4.74. The van der Waals surface area contributed by atoms with Crippen LogP contribution in [0.2, 0.25) is 0 Å². The molecule has 0 radical (unpaired) electrons. The Morgan fingerprint density at radius 2 is 2.17 bits per heavy atom. The van der Waals surface area contributed by atoms with Gasteiger partial charge in [-0.1, -0.05) is 24.3 Å². The van der Waals surface area contributed by atoms with E-state index < -0.39 is 0 Å². The highest BCUT2D eigenvalue weighted by Crippen LogP contribution is 2.30. The second kappa shape index (κ2) is 5.79. The van der Waals surface area contributed by atoms with Gasteiger partial charge in [-0.2, -0.15) is 11.8 Å². The van der Waals surface area contributed by atoms with Crippen LogP contribution < -0.4 is 0 Å². The summed E-state index contributed by atoms with van der Waals surface area (Å²) >= 11 is 1.63. The first-order valence-electron chi connectivity index (χ1n) is 6.50. The van der Waals surface area contributed by atoms with Gasteiger partial charge in [0.25, 0.3) is 0 Å². The van der Waals surface area contributed by atoms with Crippen molar-refractivity contribution < 1.29 is 4.79 Å². The zero-order valence-electron chi connectivity index (χ0n) is 11.3. The summed E-state index contributed by atoms with van der Waals surface area (Å²) in [7, 11) is 0. The highest BCUT2D eigenvalue weighted by molar-refractivity contribution is 7.99. The third kappa shape index (κ3) is 2.72. The van der Waals surface area contributed by atoms with E-state index in [1.54, 1.807) is 11.8 Å². The average molecular weight is 263 g/mol. The maximum absolute atomic E-state index is 12.1. The molecular formula is C15H21NOS. The highest BCUT2D eigenvalue weighted by atomic mass is 32.2. The van der Waals surface area contributed by atoms with Gasteiger partial charge in [0.15, 0.2) is 0 Å². The van der Waals surface area contributed by atoms with Crippen LogP contribution in [0, 0.1) is 6.92 Å². The first-order valence-corrected chi connectivity index (χ1v) is 7.79. The Morgan fingerprint density at radius 1 is 1.44 bits per heavy atom. The molecule has 0 spiro atoms. The molecule has 1 aliphatic heterocycles. The number of thioether (sulfide) groups is 1. The van der Waals surface area contributed by atoms with E-state index in [9.17, 15) is 4.79 Å². The second-order valence-electron chi connectivity index (χ2n) is 5.00. The summed E-state index contributed by atoms with van der Waals surface area (Å²) in [4.78, 5) is 14.2. The summed E-state index contributed by atoms with van der Waals surface area (Å²) in [6.07, 6.45) is 3.09. The average Bonchev–Trinajstić information content (AvgIpc) is 2.87. The molecule has 1 aliphatic rings. The lowest BCUT2D eigenvalue weighted by atomic mass is 9.94. The molecule has 3 heteroatoms. The molecule has 0 bridgehead atoms. The van der Waals surface area contributed by atoms with Crippen molar-refractivity contribution in [2.45, 2.75) is 31.4 Å². The molecule has 1 amide bonds. The van der Waals surface area contributed by atoms with Crippen molar-refractivity contribution in [3.8, 4) is 0 Å². The number of nitrogens with zero attached hydrogens (tertiary/aromatic N) is 1. The van der Waals surface area contributed by atoms with Crippen molar-refractivity contribution in [2.75, 3.05) is 19.3 Å². The van der Waals surface area contributed by atoms with E-state index in [4.69, 9.17) is 0 Å². The molecule has 0 N–H and O–H groups in total. The van der Waals surface area contributed by atoms with Gasteiger partial charge < -0.3 is 4.90 Å². The summed E-state index contributed by atoms with van der Waals surface area (Å²) in [5.74, 6) is 0.808. The predicted molar refractivity (Wildman–Crippen MR) is 78.1 cm³/mol. The number of hydrogen-bond donors (Lipinski definition) is 0. The van der Waals surface area contributed by atoms with E-state index in [0.29, 0.717) is 11.8 Å². The molecule has 1 fully saturated rings. The van der Waals surface area contributed by atoms with Crippen molar-refractivity contribution in [2.24, 2.45) is 0 Å². The molecule has 18 heavy (non-hydrogen) atoms. The molecule has 0 unspecified atom stereocenters. The molecule has 2 rings (SSSR count). The number of amides is 1. The predicted octanol–water partition coefficient (Wildman–Crippen LogP) is 3.06. The SMILES string of the molecule is CS[C@H](C)C(=O)N1CC[C@@H](c2ccccc2C)C1. The van der Waals surface area contributed by atoms with Crippen molar-refractivity contribution in [3.63, 3.8) is 0 Å². The number of rotatable bonds is 3. The van der Waals surface area contributed by atoms with Gasteiger partial charge in [0, 0.05) is 19.0 Å². The summed E-state index contributed by atoms with van der Waals surface area (Å²) in [5, 5.41) is 0.0839. The Labute approximate surface area is 114 Å². The highest BCUT2D eigenvalue weighted by Gasteiger charge is 2.29. The minimum atomic E-state index is 0.0839. The number of carbonyl (C=O) groups excluding carboxylic acids is 1. The Hall–Kier alpha value is -0.960. The number of carbonyl (C=O) groups is 1. The van der Waals surface area contributed by atoms with E-state index >= 15 is 0 Å². The maximum atomic E-state index is 12.1. The molecule has 1 aromatic rings. The number of hydrogen-bond acceptors (Lipinski definition) is 2. The zero-order valence-corrected chi connectivity index (χ0v) is 12.2. The van der Waals surface area contributed by atoms with E-state index in [2.05, 4.69) is 31.2 Å². The van der Waals surface area contributed by atoms with Crippen LogP contribution in [0.1, 0.15) is 30.4 Å². The lowest BCUT2D eigenvalue weighted by Crippen LogP contribution is -2.34. The van der Waals surface area contributed by atoms with Crippen LogP contribution in [-0.2, 0) is 4.79 Å². The van der Waals surface area contributed by atoms with Crippen LogP contribution in [0.3, 0.4) is 0 Å². The first kappa shape index (κ1) is 13.5. The summed E-state index contributed by atoms with van der Waals surface area (Å²) in [6, 6.07) is 8.53. The van der Waals surface area contributed by atoms with Gasteiger partial charge >= 0.3 is 0 Å². The van der Waals surface area contributed by atoms with Crippen molar-refractivity contribution in [1.29, 1.82) is 0 Å². The molecule has 0 saturated carbocycles. The van der Waals surface area contributed by atoms with Crippen LogP contribution in [0.25, 0.3) is 0 Å². The number of aryl methyl sites for hydroxylation is 1. The lowest BCUT2D eigenvalue weighted by molar-refractivity contribution is -0.129. The first-order chi connectivity index (χ1) is 8.63. The molecule has 98 valence electrons. The van der Waals surface area contributed by atoms with Gasteiger partial charge in [-0.3, -0.25) is 4.79 Å². The van der Waals surface area contributed by atoms with Crippen LogP contribution in [0.15, 0.2) is 24.3 Å². The van der Waals surface area contributed by atoms with Gasteiger partial charge in [0.2, 0.25) is 5.91 Å². The van der Waals surface area contributed by atoms with Gasteiger partial charge in [-0.15, -0.1) is 0 Å². The van der Waals surface area contributed by atoms with Crippen molar-refractivity contribution in [3.05, 3.63) is 35.4 Å². The van der Waals surface area contributed by atoms with Gasteiger partial charge in [-0.25, -0.2) is 0 Å². The summed E-state index contributed by atoms with van der Waals surface area (Å²) in [6.45, 7) is 5.94. The zero-order chi connectivity index (χ0) is 13.1. The molecule has 1 aromatic carbocycles. The molecule has 2 atom stereocenters. The summed E-state index contributed by atoms with van der Waals surface area (Å²) in [5.41, 5.74) is 2.75. The molecule has 0 aliphatic carbocycles. The minimum Gasteiger partial charge on any atom is -0.341 e. The van der Waals surface area contributed by atoms with E-state index in [1.165, 1.54) is 11.1 Å². The third-order valence-electron chi connectivity index (χ3n) is 3.83. The normalized spacial score (nSPS) is 21.1. The molecular weight excluding hydrogens is 242 g/mol. The number of likely N-dealkylation sites (tertiary alicyclic amines) is 1. The molecule has 1 heterocycles. The van der Waals surface area contributed by atoms with Gasteiger partial charge in [0.1, 0.15) is 0 Å². The second-order valence-corrected chi connectivity index (χ2v) is 6.18. The van der Waals surface area contributed by atoms with E-state index in [0.717, 1.165) is 19.5 Å². The quantitative estimate of drug-likeness (QED) is 0.835. The fourth-order valence-electron chi connectivity index (χ4n) is 2.62. The van der Waals surface area contributed by atoms with Crippen LogP contribution in [-0.4, -0.2) is 35.4 Å². The Morgan fingerprint density at radius 3 is 2.83 bits per heavy atom. The largest absolute Gasteiger partial charge is 0.341 e. The lowest BCUT2D eigenvalue weighted by Gasteiger charge is -2.20. The Balaban J connectivity index is 2.05. The molecule has 1 saturated heterocycles. The standard InChI is InChI=1S/C15H21NOS/c1-11-6-4-5-7-14(11)13-8-9-16(10-13)15(17)12(2)18-3/h4-7,12-13H,8-10H2,1-3H3/t12-,13-/m1/s1. The maximum Gasteiger partial charge on any atom is 0.235 e. The Kier molecular flexibility index (Phi) is 4.33. The van der Waals surface area contributed by atoms with Crippen LogP contribution in [0.4, 0.5) is 0 Å². The minimum absolute atomic E-state index is 0.0839. The monoisotopic (exact) mass is 263 g/mol.